The van der Waals surface area contributed by atoms with Crippen molar-refractivity contribution >= 4 is 34.1 Å². The van der Waals surface area contributed by atoms with Gasteiger partial charge in [0.25, 0.3) is 0 Å². The quantitative estimate of drug-likeness (QED) is 0.701. The van der Waals surface area contributed by atoms with Gasteiger partial charge in [-0.25, -0.2) is 0 Å². The molecule has 0 spiro atoms. The van der Waals surface area contributed by atoms with E-state index in [9.17, 15) is 9.59 Å². The van der Waals surface area contributed by atoms with Crippen LogP contribution >= 0.6 is 0 Å². The molecule has 0 fully saturated rings. The van der Waals surface area contributed by atoms with Crippen molar-refractivity contribution in [2.75, 3.05) is 10.6 Å². The van der Waals surface area contributed by atoms with Crippen LogP contribution in [-0.2, 0) is 22.6 Å². The minimum atomic E-state index is -0.153. The van der Waals surface area contributed by atoms with Crippen molar-refractivity contribution in [3.05, 3.63) is 60.3 Å². The number of hydrogen-bond donors (Lipinski definition) is 2. The van der Waals surface area contributed by atoms with Gasteiger partial charge in [0.15, 0.2) is 0 Å². The SMILES string of the molecule is CCCn1ccc2ccc(NC(=O)Cc3ccccc3NC(C)=O)cc21. The Hall–Kier alpha value is -3.08. The number of nitrogens with zero attached hydrogens (tertiary/aromatic N) is 1. The topological polar surface area (TPSA) is 63.1 Å². The number of amides is 2. The lowest BCUT2D eigenvalue weighted by atomic mass is 10.1. The first kappa shape index (κ1) is 17.7. The molecule has 0 aliphatic carbocycles. The summed E-state index contributed by atoms with van der Waals surface area (Å²) >= 11 is 0. The van der Waals surface area contributed by atoms with Crippen LogP contribution in [0.1, 0.15) is 25.8 Å². The Kier molecular flexibility index (Phi) is 5.37. The summed E-state index contributed by atoms with van der Waals surface area (Å²) in [5.41, 5.74) is 3.34. The molecule has 3 rings (SSSR count). The average Bonchev–Trinajstić information content (AvgIpc) is 2.99. The van der Waals surface area contributed by atoms with E-state index in [-0.39, 0.29) is 18.2 Å². The molecule has 5 nitrogen and oxygen atoms in total. The molecule has 2 N–H and O–H groups in total. The minimum Gasteiger partial charge on any atom is -0.347 e. The minimum absolute atomic E-state index is 0.115. The number of nitrogens with one attached hydrogen (secondary N) is 2. The van der Waals surface area contributed by atoms with Gasteiger partial charge in [0.2, 0.25) is 11.8 Å². The second kappa shape index (κ2) is 7.87. The maximum atomic E-state index is 12.5. The zero-order valence-electron chi connectivity index (χ0n) is 15.1. The van der Waals surface area contributed by atoms with Gasteiger partial charge in [-0.2, -0.15) is 0 Å². The largest absolute Gasteiger partial charge is 0.347 e. The lowest BCUT2D eigenvalue weighted by Gasteiger charge is -2.11. The van der Waals surface area contributed by atoms with Gasteiger partial charge in [0, 0.05) is 31.0 Å². The van der Waals surface area contributed by atoms with Gasteiger partial charge in [-0.05, 0) is 41.6 Å². The van der Waals surface area contributed by atoms with Crippen LogP contribution in [0.3, 0.4) is 0 Å². The summed E-state index contributed by atoms with van der Waals surface area (Å²) in [6.07, 6.45) is 3.33. The number of hydrogen-bond acceptors (Lipinski definition) is 2. The third-order valence-corrected chi connectivity index (χ3v) is 4.20. The van der Waals surface area contributed by atoms with Crippen molar-refractivity contribution in [3.8, 4) is 0 Å². The van der Waals surface area contributed by atoms with Gasteiger partial charge in [-0.15, -0.1) is 0 Å². The normalized spacial score (nSPS) is 10.7. The van der Waals surface area contributed by atoms with Crippen molar-refractivity contribution in [2.24, 2.45) is 0 Å². The number of anilines is 2. The predicted octanol–water partition coefficient (Wildman–Crippen LogP) is 4.19. The molecule has 0 saturated carbocycles. The number of para-hydroxylation sites is 1. The molecule has 134 valence electrons. The Morgan fingerprint density at radius 3 is 2.62 bits per heavy atom. The third kappa shape index (κ3) is 4.11. The molecule has 0 atom stereocenters. The van der Waals surface area contributed by atoms with Gasteiger partial charge in [0.05, 0.1) is 11.9 Å². The van der Waals surface area contributed by atoms with Gasteiger partial charge >= 0.3 is 0 Å². The summed E-state index contributed by atoms with van der Waals surface area (Å²) in [7, 11) is 0. The molecule has 2 aromatic carbocycles. The molecule has 1 aromatic heterocycles. The van der Waals surface area contributed by atoms with Crippen LogP contribution in [0.4, 0.5) is 11.4 Å². The molecule has 0 saturated heterocycles. The standard InChI is InChI=1S/C21H23N3O2/c1-3-11-24-12-10-16-8-9-18(14-20(16)24)23-21(26)13-17-6-4-5-7-19(17)22-15(2)25/h4-10,12,14H,3,11,13H2,1-2H3,(H,22,25)(H,23,26). The monoisotopic (exact) mass is 349 g/mol. The Morgan fingerprint density at radius 2 is 1.85 bits per heavy atom. The van der Waals surface area contributed by atoms with E-state index in [0.717, 1.165) is 35.1 Å². The van der Waals surface area contributed by atoms with Crippen LogP contribution < -0.4 is 10.6 Å². The Labute approximate surface area is 153 Å². The molecule has 0 unspecified atom stereocenters. The van der Waals surface area contributed by atoms with E-state index >= 15 is 0 Å². The number of benzene rings is 2. The highest BCUT2D eigenvalue weighted by Crippen LogP contribution is 2.22. The molecular formula is C21H23N3O2. The molecule has 2 amide bonds. The fourth-order valence-corrected chi connectivity index (χ4v) is 3.06. The summed E-state index contributed by atoms with van der Waals surface area (Å²) in [5.74, 6) is -0.268. The summed E-state index contributed by atoms with van der Waals surface area (Å²) < 4.78 is 2.19. The third-order valence-electron chi connectivity index (χ3n) is 4.20. The second-order valence-corrected chi connectivity index (χ2v) is 6.35. The first-order valence-electron chi connectivity index (χ1n) is 8.81. The van der Waals surface area contributed by atoms with Crippen LogP contribution in [0.2, 0.25) is 0 Å². The second-order valence-electron chi connectivity index (χ2n) is 6.35. The van der Waals surface area contributed by atoms with Gasteiger partial charge < -0.3 is 15.2 Å². The Morgan fingerprint density at radius 1 is 1.04 bits per heavy atom. The highest BCUT2D eigenvalue weighted by atomic mass is 16.2. The van der Waals surface area contributed by atoms with Crippen LogP contribution in [0.25, 0.3) is 10.9 Å². The summed E-state index contributed by atoms with van der Waals surface area (Å²) in [4.78, 5) is 23.8. The van der Waals surface area contributed by atoms with Crippen molar-refractivity contribution < 1.29 is 9.59 Å². The van der Waals surface area contributed by atoms with E-state index in [0.29, 0.717) is 5.69 Å². The van der Waals surface area contributed by atoms with Crippen molar-refractivity contribution in [3.63, 3.8) is 0 Å². The van der Waals surface area contributed by atoms with E-state index in [1.165, 1.54) is 6.92 Å². The average molecular weight is 349 g/mol. The molecule has 3 aromatic rings. The molecule has 5 heteroatoms. The Balaban J connectivity index is 1.75. The van der Waals surface area contributed by atoms with Gasteiger partial charge in [-0.3, -0.25) is 9.59 Å². The van der Waals surface area contributed by atoms with E-state index in [1.54, 1.807) is 6.07 Å². The molecule has 0 aliphatic rings. The lowest BCUT2D eigenvalue weighted by Crippen LogP contribution is -2.16. The smallest absolute Gasteiger partial charge is 0.228 e. The number of aromatic nitrogens is 1. The molecule has 0 radical (unpaired) electrons. The molecule has 0 bridgehead atoms. The van der Waals surface area contributed by atoms with Crippen molar-refractivity contribution in [1.82, 2.24) is 4.57 Å². The van der Waals surface area contributed by atoms with Crippen LogP contribution in [0, 0.1) is 0 Å². The summed E-state index contributed by atoms with van der Waals surface area (Å²) in [5, 5.41) is 6.88. The summed E-state index contributed by atoms with van der Waals surface area (Å²) in [6.45, 7) is 4.55. The van der Waals surface area contributed by atoms with E-state index < -0.39 is 0 Å². The molecule has 1 heterocycles. The maximum absolute atomic E-state index is 12.5. The first-order chi connectivity index (χ1) is 12.6. The number of rotatable bonds is 6. The zero-order valence-corrected chi connectivity index (χ0v) is 15.1. The van der Waals surface area contributed by atoms with Crippen molar-refractivity contribution in [1.29, 1.82) is 0 Å². The maximum Gasteiger partial charge on any atom is 0.228 e. The van der Waals surface area contributed by atoms with Crippen molar-refractivity contribution in [2.45, 2.75) is 33.2 Å². The number of carbonyl (C=O) groups excluding carboxylic acids is 2. The van der Waals surface area contributed by atoms with Crippen LogP contribution in [0.15, 0.2) is 54.7 Å². The zero-order chi connectivity index (χ0) is 18.5. The molecule has 26 heavy (non-hydrogen) atoms. The van der Waals surface area contributed by atoms with E-state index in [2.05, 4.69) is 34.4 Å². The van der Waals surface area contributed by atoms with Crippen LogP contribution in [-0.4, -0.2) is 16.4 Å². The number of aryl methyl sites for hydroxylation is 1. The van der Waals surface area contributed by atoms with Crippen LogP contribution in [0.5, 0.6) is 0 Å². The van der Waals surface area contributed by atoms with E-state index in [4.69, 9.17) is 0 Å². The highest BCUT2D eigenvalue weighted by molar-refractivity contribution is 5.96. The van der Waals surface area contributed by atoms with Gasteiger partial charge in [-0.1, -0.05) is 31.2 Å². The molecular weight excluding hydrogens is 326 g/mol. The summed E-state index contributed by atoms with van der Waals surface area (Å²) in [6, 6.07) is 15.4. The number of fused-ring (bicyclic) bond motifs is 1. The Bertz CT molecular complexity index is 943. The predicted molar refractivity (Wildman–Crippen MR) is 105 cm³/mol. The number of carbonyl (C=O) groups is 2. The lowest BCUT2D eigenvalue weighted by molar-refractivity contribution is -0.116. The molecule has 0 aliphatic heterocycles. The van der Waals surface area contributed by atoms with E-state index in [1.807, 2.05) is 36.4 Å². The fraction of sp³-hybridized carbons (Fsp3) is 0.238. The van der Waals surface area contributed by atoms with Gasteiger partial charge in [0.1, 0.15) is 0 Å². The first-order valence-corrected chi connectivity index (χ1v) is 8.81. The highest BCUT2D eigenvalue weighted by Gasteiger charge is 2.10. The fourth-order valence-electron chi connectivity index (χ4n) is 3.06.